The summed E-state index contributed by atoms with van der Waals surface area (Å²) in [6.07, 6.45) is 1.76. The number of esters is 2. The molecule has 0 unspecified atom stereocenters. The Hall–Kier alpha value is -3.98. The molecule has 180 valence electrons. The standard InChI is InChI=1S/C26H24N2O6S/c1-5-33-25(31)22-15(2)27-26-28(23(22)17-10-12-19(13-11-17)34-16(3)29)24(30)21(35-26)14-18-8-6-7-9-20(18)32-4/h6-14,23H,5H2,1-4H3/b21-14+/t23-/m1/s1. The first kappa shape index (κ1) is 24.2. The third kappa shape index (κ3) is 4.81. The van der Waals surface area contributed by atoms with Crippen molar-refractivity contribution in [3.05, 3.63) is 90.6 Å². The lowest BCUT2D eigenvalue weighted by atomic mass is 9.96. The number of aromatic nitrogens is 1. The van der Waals surface area contributed by atoms with Crippen LogP contribution in [0, 0.1) is 0 Å². The molecule has 1 atom stereocenters. The number of carbonyl (C=O) groups excluding carboxylic acids is 2. The number of hydrogen-bond acceptors (Lipinski definition) is 8. The van der Waals surface area contributed by atoms with Crippen LogP contribution < -0.4 is 24.4 Å². The van der Waals surface area contributed by atoms with Gasteiger partial charge in [-0.25, -0.2) is 9.79 Å². The predicted molar refractivity (Wildman–Crippen MR) is 131 cm³/mol. The summed E-state index contributed by atoms with van der Waals surface area (Å²) in [4.78, 5) is 42.9. The average Bonchev–Trinajstić information content (AvgIpc) is 3.13. The smallest absolute Gasteiger partial charge is 0.338 e. The van der Waals surface area contributed by atoms with Crippen LogP contribution in [-0.4, -0.2) is 30.2 Å². The van der Waals surface area contributed by atoms with Crippen LogP contribution in [0.15, 0.2) is 69.6 Å². The van der Waals surface area contributed by atoms with E-state index in [0.717, 1.165) is 5.56 Å². The number of allylic oxidation sites excluding steroid dienone is 1. The van der Waals surface area contributed by atoms with Gasteiger partial charge in [-0.15, -0.1) is 0 Å². The van der Waals surface area contributed by atoms with Crippen molar-refractivity contribution in [3.8, 4) is 11.5 Å². The van der Waals surface area contributed by atoms with Crippen LogP contribution in [0.1, 0.15) is 37.9 Å². The summed E-state index contributed by atoms with van der Waals surface area (Å²) in [5.41, 5.74) is 1.88. The van der Waals surface area contributed by atoms with Gasteiger partial charge in [-0.2, -0.15) is 0 Å². The molecule has 0 fully saturated rings. The van der Waals surface area contributed by atoms with E-state index in [9.17, 15) is 14.4 Å². The fourth-order valence-corrected chi connectivity index (χ4v) is 4.96. The molecule has 0 saturated carbocycles. The second-order valence-electron chi connectivity index (χ2n) is 7.71. The highest BCUT2D eigenvalue weighted by Gasteiger charge is 2.33. The van der Waals surface area contributed by atoms with E-state index in [1.807, 2.05) is 24.3 Å². The lowest BCUT2D eigenvalue weighted by Crippen LogP contribution is -2.39. The van der Waals surface area contributed by atoms with E-state index >= 15 is 0 Å². The Morgan fingerprint density at radius 2 is 1.86 bits per heavy atom. The molecule has 0 saturated heterocycles. The summed E-state index contributed by atoms with van der Waals surface area (Å²) in [6.45, 7) is 4.95. The van der Waals surface area contributed by atoms with E-state index in [-0.39, 0.29) is 17.7 Å². The van der Waals surface area contributed by atoms with Crippen LogP contribution >= 0.6 is 11.3 Å². The van der Waals surface area contributed by atoms with E-state index < -0.39 is 18.0 Å². The Morgan fingerprint density at radius 1 is 1.14 bits per heavy atom. The molecule has 1 aliphatic rings. The zero-order chi connectivity index (χ0) is 25.1. The molecule has 0 N–H and O–H groups in total. The number of fused-ring (bicyclic) bond motifs is 1. The number of thiazole rings is 1. The normalized spacial score (nSPS) is 15.3. The molecular formula is C26H24N2O6S. The minimum Gasteiger partial charge on any atom is -0.496 e. The Balaban J connectivity index is 1.92. The molecule has 0 radical (unpaired) electrons. The molecule has 0 bridgehead atoms. The van der Waals surface area contributed by atoms with Crippen molar-refractivity contribution in [3.63, 3.8) is 0 Å². The molecule has 8 nitrogen and oxygen atoms in total. The van der Waals surface area contributed by atoms with Crippen molar-refractivity contribution in [2.75, 3.05) is 13.7 Å². The molecule has 35 heavy (non-hydrogen) atoms. The lowest BCUT2D eigenvalue weighted by Gasteiger charge is -2.24. The quantitative estimate of drug-likeness (QED) is 0.388. The zero-order valence-corrected chi connectivity index (χ0v) is 20.5. The fourth-order valence-electron chi connectivity index (χ4n) is 3.92. The van der Waals surface area contributed by atoms with E-state index in [0.29, 0.717) is 32.1 Å². The predicted octanol–water partition coefficient (Wildman–Crippen LogP) is 2.73. The second-order valence-corrected chi connectivity index (χ2v) is 8.72. The van der Waals surface area contributed by atoms with Crippen molar-refractivity contribution < 1.29 is 23.8 Å². The van der Waals surface area contributed by atoms with E-state index in [2.05, 4.69) is 4.99 Å². The largest absolute Gasteiger partial charge is 0.496 e. The van der Waals surface area contributed by atoms with Crippen molar-refractivity contribution in [1.82, 2.24) is 4.57 Å². The van der Waals surface area contributed by atoms with Gasteiger partial charge < -0.3 is 14.2 Å². The Kier molecular flexibility index (Phi) is 6.97. The number of para-hydroxylation sites is 1. The maximum absolute atomic E-state index is 13.6. The maximum Gasteiger partial charge on any atom is 0.338 e. The van der Waals surface area contributed by atoms with Crippen LogP contribution in [0.2, 0.25) is 0 Å². The van der Waals surface area contributed by atoms with Gasteiger partial charge in [0.05, 0.1) is 35.6 Å². The van der Waals surface area contributed by atoms with Gasteiger partial charge in [0.15, 0.2) is 4.80 Å². The third-order valence-electron chi connectivity index (χ3n) is 5.40. The summed E-state index contributed by atoms with van der Waals surface area (Å²) in [5, 5.41) is 0. The van der Waals surface area contributed by atoms with Crippen LogP contribution in [-0.2, 0) is 14.3 Å². The van der Waals surface area contributed by atoms with Gasteiger partial charge >= 0.3 is 11.9 Å². The molecule has 1 aromatic heterocycles. The summed E-state index contributed by atoms with van der Waals surface area (Å²) in [7, 11) is 1.57. The fraction of sp³-hybridized carbons (Fsp3) is 0.231. The highest BCUT2D eigenvalue weighted by Crippen LogP contribution is 2.31. The Bertz CT molecular complexity index is 1500. The SMILES string of the molecule is CCOC(=O)C1=C(C)N=c2s/c(=C/c3ccccc3OC)c(=O)n2[C@@H]1c1ccc(OC(C)=O)cc1. The van der Waals surface area contributed by atoms with E-state index in [4.69, 9.17) is 14.2 Å². The molecule has 4 rings (SSSR count). The minimum atomic E-state index is -0.753. The maximum atomic E-state index is 13.6. The van der Waals surface area contributed by atoms with Crippen LogP contribution in [0.3, 0.4) is 0 Å². The van der Waals surface area contributed by atoms with Crippen molar-refractivity contribution in [1.29, 1.82) is 0 Å². The third-order valence-corrected chi connectivity index (χ3v) is 6.38. The van der Waals surface area contributed by atoms with Crippen LogP contribution in [0.5, 0.6) is 11.5 Å². The molecule has 2 aromatic carbocycles. The first-order valence-electron chi connectivity index (χ1n) is 10.9. The van der Waals surface area contributed by atoms with Crippen LogP contribution in [0.4, 0.5) is 0 Å². The average molecular weight is 493 g/mol. The zero-order valence-electron chi connectivity index (χ0n) is 19.7. The monoisotopic (exact) mass is 492 g/mol. The number of methoxy groups -OCH3 is 1. The molecule has 0 amide bonds. The molecule has 0 aliphatic carbocycles. The highest BCUT2D eigenvalue weighted by atomic mass is 32.1. The molecule has 2 heterocycles. The number of rotatable bonds is 6. The van der Waals surface area contributed by atoms with Crippen molar-refractivity contribution in [2.45, 2.75) is 26.8 Å². The van der Waals surface area contributed by atoms with Gasteiger partial charge in [0, 0.05) is 12.5 Å². The summed E-state index contributed by atoms with van der Waals surface area (Å²) in [6, 6.07) is 13.3. The Morgan fingerprint density at radius 3 is 2.51 bits per heavy atom. The minimum absolute atomic E-state index is 0.186. The van der Waals surface area contributed by atoms with E-state index in [1.54, 1.807) is 51.3 Å². The first-order chi connectivity index (χ1) is 16.8. The van der Waals surface area contributed by atoms with Gasteiger partial charge in [-0.3, -0.25) is 14.2 Å². The van der Waals surface area contributed by atoms with Gasteiger partial charge in [-0.05, 0) is 43.7 Å². The number of carbonyl (C=O) groups is 2. The summed E-state index contributed by atoms with van der Waals surface area (Å²) < 4.78 is 17.8. The number of hydrogen-bond donors (Lipinski definition) is 0. The van der Waals surface area contributed by atoms with E-state index in [1.165, 1.54) is 22.8 Å². The number of benzene rings is 2. The van der Waals surface area contributed by atoms with Gasteiger partial charge in [-0.1, -0.05) is 41.7 Å². The summed E-state index contributed by atoms with van der Waals surface area (Å²) >= 11 is 1.23. The number of ether oxygens (including phenoxy) is 3. The Labute approximate surface area is 205 Å². The number of nitrogens with zero attached hydrogens (tertiary/aromatic N) is 2. The molecule has 1 aliphatic heterocycles. The summed E-state index contributed by atoms with van der Waals surface area (Å²) in [5.74, 6) is 0.0226. The lowest BCUT2D eigenvalue weighted by molar-refractivity contribution is -0.139. The molecule has 0 spiro atoms. The molecular weight excluding hydrogens is 468 g/mol. The molecule has 3 aromatic rings. The first-order valence-corrected chi connectivity index (χ1v) is 11.8. The highest BCUT2D eigenvalue weighted by molar-refractivity contribution is 7.07. The van der Waals surface area contributed by atoms with Crippen molar-refractivity contribution in [2.24, 2.45) is 4.99 Å². The van der Waals surface area contributed by atoms with Gasteiger partial charge in [0.1, 0.15) is 11.5 Å². The second kappa shape index (κ2) is 10.1. The van der Waals surface area contributed by atoms with Crippen molar-refractivity contribution >= 4 is 29.4 Å². The van der Waals surface area contributed by atoms with Crippen LogP contribution in [0.25, 0.3) is 6.08 Å². The van der Waals surface area contributed by atoms with Gasteiger partial charge in [0.2, 0.25) is 0 Å². The van der Waals surface area contributed by atoms with Gasteiger partial charge in [0.25, 0.3) is 5.56 Å². The molecule has 9 heteroatoms. The topological polar surface area (TPSA) is 96.2 Å².